The summed E-state index contributed by atoms with van der Waals surface area (Å²) >= 11 is 6.93. The van der Waals surface area contributed by atoms with E-state index in [0.717, 1.165) is 22.4 Å². The maximum absolute atomic E-state index is 12.9. The molecule has 1 aliphatic rings. The van der Waals surface area contributed by atoms with Crippen molar-refractivity contribution < 1.29 is 17.6 Å². The Morgan fingerprint density at radius 2 is 1.91 bits per heavy atom. The molecule has 5 rings (SSSR count). The van der Waals surface area contributed by atoms with Crippen LogP contribution in [0.1, 0.15) is 12.8 Å². The Morgan fingerprint density at radius 3 is 2.64 bits per heavy atom. The summed E-state index contributed by atoms with van der Waals surface area (Å²) in [5, 5.41) is 2.90. The standard InChI is InChI=1S/C23H20ClN3O4S2/c24-20-11-12-21(32-20)33(29,30)27-13-3-4-16(14-27)22(28)25-17-9-7-15(8-10-17)23-26-18-5-1-2-6-19(18)31-23/h1-2,5-12,16H,3-4,13-14H2,(H,25,28). The molecule has 1 N–H and O–H groups in total. The Hall–Kier alpha value is -2.72. The zero-order valence-electron chi connectivity index (χ0n) is 17.4. The molecule has 2 aromatic heterocycles. The van der Waals surface area contributed by atoms with Crippen molar-refractivity contribution in [2.24, 2.45) is 5.92 Å². The molecule has 0 aliphatic carbocycles. The van der Waals surface area contributed by atoms with Gasteiger partial charge in [-0.25, -0.2) is 13.4 Å². The Bertz CT molecular complexity index is 1380. The highest BCUT2D eigenvalue weighted by molar-refractivity contribution is 7.91. The minimum atomic E-state index is -3.66. The van der Waals surface area contributed by atoms with Crippen molar-refractivity contribution >= 4 is 55.7 Å². The average Bonchev–Trinajstić information content (AvgIpc) is 3.46. The van der Waals surface area contributed by atoms with Gasteiger partial charge in [-0.2, -0.15) is 4.31 Å². The molecule has 1 aliphatic heterocycles. The highest BCUT2D eigenvalue weighted by Crippen LogP contribution is 2.31. The van der Waals surface area contributed by atoms with Gasteiger partial charge in [0.15, 0.2) is 5.58 Å². The van der Waals surface area contributed by atoms with Crippen LogP contribution in [0.15, 0.2) is 69.3 Å². The smallest absolute Gasteiger partial charge is 0.252 e. The Balaban J connectivity index is 1.26. The highest BCUT2D eigenvalue weighted by atomic mass is 35.5. The van der Waals surface area contributed by atoms with Crippen molar-refractivity contribution in [2.75, 3.05) is 18.4 Å². The number of thiophene rings is 1. The summed E-state index contributed by atoms with van der Waals surface area (Å²) in [5.41, 5.74) is 2.93. The lowest BCUT2D eigenvalue weighted by molar-refractivity contribution is -0.120. The number of carbonyl (C=O) groups is 1. The van der Waals surface area contributed by atoms with E-state index in [4.69, 9.17) is 16.0 Å². The number of fused-ring (bicyclic) bond motifs is 1. The van der Waals surface area contributed by atoms with Crippen LogP contribution in [0.3, 0.4) is 0 Å². The van der Waals surface area contributed by atoms with Gasteiger partial charge in [0.2, 0.25) is 11.8 Å². The fourth-order valence-corrected chi connectivity index (χ4v) is 7.04. The van der Waals surface area contributed by atoms with Crippen molar-refractivity contribution in [3.8, 4) is 11.5 Å². The number of oxazole rings is 1. The first kappa shape index (κ1) is 22.1. The summed E-state index contributed by atoms with van der Waals surface area (Å²) in [6.07, 6.45) is 1.25. The number of amides is 1. The van der Waals surface area contributed by atoms with E-state index in [-0.39, 0.29) is 16.7 Å². The molecule has 1 unspecified atom stereocenters. The van der Waals surface area contributed by atoms with E-state index in [1.807, 2.05) is 36.4 Å². The van der Waals surface area contributed by atoms with Crippen LogP contribution in [-0.2, 0) is 14.8 Å². The molecule has 1 atom stereocenters. The molecular formula is C23H20ClN3O4S2. The second-order valence-corrected chi connectivity index (χ2v) is 11.7. The molecule has 170 valence electrons. The van der Waals surface area contributed by atoms with Crippen LogP contribution in [0, 0.1) is 5.92 Å². The van der Waals surface area contributed by atoms with Gasteiger partial charge < -0.3 is 9.73 Å². The SMILES string of the molecule is O=C(Nc1ccc(-c2nc3ccccc3o2)cc1)C1CCCN(S(=O)(=O)c2ccc(Cl)s2)C1. The maximum atomic E-state index is 12.9. The van der Waals surface area contributed by atoms with Crippen molar-refractivity contribution in [1.82, 2.24) is 9.29 Å². The molecule has 1 saturated heterocycles. The number of halogens is 1. The number of anilines is 1. The van der Waals surface area contributed by atoms with E-state index >= 15 is 0 Å². The van der Waals surface area contributed by atoms with Gasteiger partial charge in [-0.05, 0) is 61.4 Å². The quantitative estimate of drug-likeness (QED) is 0.403. The van der Waals surface area contributed by atoms with E-state index in [2.05, 4.69) is 10.3 Å². The summed E-state index contributed by atoms with van der Waals surface area (Å²) in [6.45, 7) is 0.533. The average molecular weight is 502 g/mol. The molecule has 10 heteroatoms. The van der Waals surface area contributed by atoms with Gasteiger partial charge in [0.05, 0.1) is 10.3 Å². The number of nitrogens with one attached hydrogen (secondary N) is 1. The van der Waals surface area contributed by atoms with Crippen LogP contribution >= 0.6 is 22.9 Å². The number of hydrogen-bond acceptors (Lipinski definition) is 6. The predicted molar refractivity (Wildman–Crippen MR) is 129 cm³/mol. The second kappa shape index (κ2) is 8.90. The number of benzene rings is 2. The molecule has 4 aromatic rings. The van der Waals surface area contributed by atoms with E-state index in [1.54, 1.807) is 18.2 Å². The van der Waals surface area contributed by atoms with Crippen LogP contribution in [0.4, 0.5) is 5.69 Å². The third-order valence-electron chi connectivity index (χ3n) is 5.59. The summed E-state index contributed by atoms with van der Waals surface area (Å²) < 4.78 is 33.6. The maximum Gasteiger partial charge on any atom is 0.252 e. The van der Waals surface area contributed by atoms with Crippen LogP contribution in [-0.4, -0.2) is 36.7 Å². The molecular weight excluding hydrogens is 482 g/mol. The Kier molecular flexibility index (Phi) is 5.96. The first-order valence-corrected chi connectivity index (χ1v) is 13.1. The minimum absolute atomic E-state index is 0.144. The third-order valence-corrected chi connectivity index (χ3v) is 9.15. The molecule has 0 radical (unpaired) electrons. The van der Waals surface area contributed by atoms with Crippen LogP contribution in [0.5, 0.6) is 0 Å². The van der Waals surface area contributed by atoms with Gasteiger partial charge in [-0.15, -0.1) is 11.3 Å². The number of sulfonamides is 1. The van der Waals surface area contributed by atoms with Gasteiger partial charge >= 0.3 is 0 Å². The van der Waals surface area contributed by atoms with Crippen molar-refractivity contribution in [1.29, 1.82) is 0 Å². The van der Waals surface area contributed by atoms with E-state index in [0.29, 0.717) is 40.9 Å². The lowest BCUT2D eigenvalue weighted by atomic mass is 9.98. The van der Waals surface area contributed by atoms with Crippen molar-refractivity contribution in [3.05, 3.63) is 65.0 Å². The van der Waals surface area contributed by atoms with Gasteiger partial charge in [0.25, 0.3) is 10.0 Å². The molecule has 1 fully saturated rings. The molecule has 0 bridgehead atoms. The Morgan fingerprint density at radius 1 is 1.12 bits per heavy atom. The van der Waals surface area contributed by atoms with Gasteiger partial charge in [0.1, 0.15) is 9.73 Å². The first-order chi connectivity index (χ1) is 15.9. The van der Waals surface area contributed by atoms with Crippen molar-refractivity contribution in [3.63, 3.8) is 0 Å². The summed E-state index contributed by atoms with van der Waals surface area (Å²) in [6, 6.07) is 17.8. The highest BCUT2D eigenvalue weighted by Gasteiger charge is 2.34. The summed E-state index contributed by atoms with van der Waals surface area (Å²) in [5.74, 6) is -0.120. The van der Waals surface area contributed by atoms with Crippen LogP contribution in [0.2, 0.25) is 4.34 Å². The zero-order valence-corrected chi connectivity index (χ0v) is 19.8. The molecule has 2 aromatic carbocycles. The fraction of sp³-hybridized carbons (Fsp3) is 0.217. The summed E-state index contributed by atoms with van der Waals surface area (Å²) in [7, 11) is -3.66. The van der Waals surface area contributed by atoms with E-state index in [9.17, 15) is 13.2 Å². The van der Waals surface area contributed by atoms with E-state index < -0.39 is 15.9 Å². The topological polar surface area (TPSA) is 92.5 Å². The molecule has 3 heterocycles. The largest absolute Gasteiger partial charge is 0.436 e. The Labute approximate surface area is 200 Å². The lowest BCUT2D eigenvalue weighted by Gasteiger charge is -2.30. The number of hydrogen-bond donors (Lipinski definition) is 1. The fourth-order valence-electron chi connectivity index (χ4n) is 3.87. The first-order valence-electron chi connectivity index (χ1n) is 10.4. The van der Waals surface area contributed by atoms with Crippen LogP contribution < -0.4 is 5.32 Å². The predicted octanol–water partition coefficient (Wildman–Crippen LogP) is 5.25. The third kappa shape index (κ3) is 4.54. The summed E-state index contributed by atoms with van der Waals surface area (Å²) in [4.78, 5) is 17.4. The van der Waals surface area contributed by atoms with E-state index in [1.165, 1.54) is 10.4 Å². The molecule has 0 saturated carbocycles. The monoisotopic (exact) mass is 501 g/mol. The molecule has 1 amide bonds. The number of nitrogens with zero attached hydrogens (tertiary/aromatic N) is 2. The zero-order chi connectivity index (χ0) is 23.0. The minimum Gasteiger partial charge on any atom is -0.436 e. The number of rotatable bonds is 5. The van der Waals surface area contributed by atoms with Crippen molar-refractivity contribution in [2.45, 2.75) is 17.1 Å². The number of aromatic nitrogens is 1. The molecule has 0 spiro atoms. The van der Waals surface area contributed by atoms with Gasteiger partial charge in [0, 0.05) is 24.3 Å². The van der Waals surface area contributed by atoms with Gasteiger partial charge in [-0.3, -0.25) is 4.79 Å². The van der Waals surface area contributed by atoms with Crippen LogP contribution in [0.25, 0.3) is 22.6 Å². The molecule has 33 heavy (non-hydrogen) atoms. The molecule has 7 nitrogen and oxygen atoms in total. The lowest BCUT2D eigenvalue weighted by Crippen LogP contribution is -2.43. The normalized spacial score (nSPS) is 17.3. The number of carbonyl (C=O) groups excluding carboxylic acids is 1. The second-order valence-electron chi connectivity index (χ2n) is 7.81. The number of para-hydroxylation sites is 2. The number of piperidine rings is 1. The van der Waals surface area contributed by atoms with Gasteiger partial charge in [-0.1, -0.05) is 23.7 Å².